The van der Waals surface area contributed by atoms with E-state index in [4.69, 9.17) is 0 Å². The van der Waals surface area contributed by atoms with Crippen molar-refractivity contribution in [1.82, 2.24) is 29.7 Å². The van der Waals surface area contributed by atoms with Gasteiger partial charge in [-0.15, -0.1) is 0 Å². The third kappa shape index (κ3) is 3.09. The van der Waals surface area contributed by atoms with Crippen LogP contribution in [0.1, 0.15) is 0 Å². The first-order valence-corrected chi connectivity index (χ1v) is 9.07. The van der Waals surface area contributed by atoms with Gasteiger partial charge in [0.1, 0.15) is 11.3 Å². The summed E-state index contributed by atoms with van der Waals surface area (Å²) in [4.78, 5) is 31.6. The largest absolute Gasteiger partial charge is 0.356 e. The lowest BCUT2D eigenvalue weighted by molar-refractivity contribution is 0.333. The van der Waals surface area contributed by atoms with Gasteiger partial charge in [0.25, 0.3) is 5.56 Å². The molecule has 0 atom stereocenters. The van der Waals surface area contributed by atoms with Crippen LogP contribution in [-0.2, 0) is 6.54 Å². The summed E-state index contributed by atoms with van der Waals surface area (Å²) in [7, 11) is 0. The van der Waals surface area contributed by atoms with E-state index >= 15 is 0 Å². The molecule has 0 spiro atoms. The number of nitrogens with zero attached hydrogens (tertiary/aromatic N) is 7. The average Bonchev–Trinajstić information content (AvgIpc) is 2.72. The summed E-state index contributed by atoms with van der Waals surface area (Å²) in [5.41, 5.74) is 2.98. The van der Waals surface area contributed by atoms with E-state index in [1.807, 2.05) is 24.3 Å². The minimum Gasteiger partial charge on any atom is -0.356 e. The van der Waals surface area contributed by atoms with Gasteiger partial charge in [0, 0.05) is 55.4 Å². The van der Waals surface area contributed by atoms with E-state index in [0.717, 1.165) is 35.7 Å². The van der Waals surface area contributed by atoms with Gasteiger partial charge in [-0.3, -0.25) is 14.8 Å². The Bertz CT molecular complexity index is 1190. The van der Waals surface area contributed by atoms with E-state index in [1.54, 1.807) is 41.6 Å². The maximum Gasteiger partial charge on any atom is 0.266 e. The van der Waals surface area contributed by atoms with Gasteiger partial charge in [-0.1, -0.05) is 0 Å². The zero-order valence-electron chi connectivity index (χ0n) is 15.0. The van der Waals surface area contributed by atoms with Gasteiger partial charge in [0.15, 0.2) is 5.65 Å². The standard InChI is InChI=1S/C20H17N7O/c28-19-6-4-16(15-2-1-7-21-10-15)25-27(19)13-14-11-26(12-14)18-5-3-17-20(24-18)23-9-8-22-17/h1-10,14H,11-13H2. The summed E-state index contributed by atoms with van der Waals surface area (Å²) in [6.07, 6.45) is 6.77. The van der Waals surface area contributed by atoms with Gasteiger partial charge in [-0.25, -0.2) is 14.6 Å². The van der Waals surface area contributed by atoms with Crippen molar-refractivity contribution in [3.8, 4) is 11.3 Å². The number of rotatable bonds is 4. The molecule has 8 heteroatoms. The van der Waals surface area contributed by atoms with Gasteiger partial charge in [-0.2, -0.15) is 5.10 Å². The molecule has 0 radical (unpaired) electrons. The van der Waals surface area contributed by atoms with E-state index in [9.17, 15) is 4.79 Å². The smallest absolute Gasteiger partial charge is 0.266 e. The fourth-order valence-electron chi connectivity index (χ4n) is 3.39. The Labute approximate surface area is 160 Å². The monoisotopic (exact) mass is 371 g/mol. The predicted octanol–water partition coefficient (Wildman–Crippen LogP) is 1.78. The van der Waals surface area contributed by atoms with E-state index in [2.05, 4.69) is 29.9 Å². The molecule has 4 aromatic rings. The van der Waals surface area contributed by atoms with Crippen molar-refractivity contribution >= 4 is 17.0 Å². The molecule has 4 aromatic heterocycles. The topological polar surface area (TPSA) is 89.7 Å². The maximum atomic E-state index is 12.2. The summed E-state index contributed by atoms with van der Waals surface area (Å²) in [5, 5.41) is 4.51. The maximum absolute atomic E-state index is 12.2. The Morgan fingerprint density at radius 2 is 1.89 bits per heavy atom. The van der Waals surface area contributed by atoms with Crippen molar-refractivity contribution in [2.75, 3.05) is 18.0 Å². The molecule has 5 heterocycles. The highest BCUT2D eigenvalue weighted by Crippen LogP contribution is 2.25. The molecule has 1 fully saturated rings. The van der Waals surface area contributed by atoms with Gasteiger partial charge in [-0.05, 0) is 30.3 Å². The van der Waals surface area contributed by atoms with Gasteiger partial charge in [0.05, 0.1) is 12.2 Å². The fraction of sp³-hybridized carbons (Fsp3) is 0.200. The summed E-state index contributed by atoms with van der Waals surface area (Å²) < 4.78 is 1.55. The van der Waals surface area contributed by atoms with E-state index in [-0.39, 0.29) is 5.56 Å². The highest BCUT2D eigenvalue weighted by Gasteiger charge is 2.29. The molecule has 0 aromatic carbocycles. The zero-order chi connectivity index (χ0) is 18.9. The molecule has 0 aliphatic carbocycles. The van der Waals surface area contributed by atoms with Crippen LogP contribution < -0.4 is 10.5 Å². The van der Waals surface area contributed by atoms with Crippen LogP contribution in [0.2, 0.25) is 0 Å². The van der Waals surface area contributed by atoms with Crippen LogP contribution in [-0.4, -0.2) is 42.8 Å². The van der Waals surface area contributed by atoms with Crippen molar-refractivity contribution < 1.29 is 0 Å². The first-order chi connectivity index (χ1) is 13.8. The lowest BCUT2D eigenvalue weighted by Gasteiger charge is -2.40. The second kappa shape index (κ2) is 6.80. The van der Waals surface area contributed by atoms with Crippen LogP contribution in [0, 0.1) is 5.92 Å². The predicted molar refractivity (Wildman–Crippen MR) is 105 cm³/mol. The number of fused-ring (bicyclic) bond motifs is 1. The molecule has 1 aliphatic rings. The second-order valence-corrected chi connectivity index (χ2v) is 6.82. The fourth-order valence-corrected chi connectivity index (χ4v) is 3.39. The molecule has 0 amide bonds. The van der Waals surface area contributed by atoms with Crippen LogP contribution >= 0.6 is 0 Å². The van der Waals surface area contributed by atoms with Crippen molar-refractivity contribution in [3.05, 3.63) is 71.5 Å². The van der Waals surface area contributed by atoms with Crippen LogP contribution in [0.25, 0.3) is 22.4 Å². The number of pyridine rings is 2. The summed E-state index contributed by atoms with van der Waals surface area (Å²) in [6, 6.07) is 11.0. The number of hydrogen-bond donors (Lipinski definition) is 0. The minimum atomic E-state index is -0.0924. The molecule has 1 saturated heterocycles. The normalized spacial score (nSPS) is 14.2. The van der Waals surface area contributed by atoms with E-state index < -0.39 is 0 Å². The highest BCUT2D eigenvalue weighted by molar-refractivity contribution is 5.71. The molecule has 0 unspecified atom stereocenters. The number of anilines is 1. The summed E-state index contributed by atoms with van der Waals surface area (Å²) >= 11 is 0. The summed E-state index contributed by atoms with van der Waals surface area (Å²) in [5.74, 6) is 1.22. The van der Waals surface area contributed by atoms with Crippen molar-refractivity contribution in [2.24, 2.45) is 5.92 Å². The molecule has 1 aliphatic heterocycles. The third-order valence-electron chi connectivity index (χ3n) is 4.85. The van der Waals surface area contributed by atoms with Gasteiger partial charge < -0.3 is 4.90 Å². The first kappa shape index (κ1) is 16.5. The molecule has 28 heavy (non-hydrogen) atoms. The van der Waals surface area contributed by atoms with Crippen molar-refractivity contribution in [3.63, 3.8) is 0 Å². The Morgan fingerprint density at radius 1 is 1.00 bits per heavy atom. The van der Waals surface area contributed by atoms with Crippen LogP contribution in [0.5, 0.6) is 0 Å². The molecular formula is C20H17N7O. The SMILES string of the molecule is O=c1ccc(-c2cccnc2)nn1CC1CN(c2ccc3nccnc3n2)C1. The second-order valence-electron chi connectivity index (χ2n) is 6.82. The Kier molecular flexibility index (Phi) is 4.01. The van der Waals surface area contributed by atoms with Gasteiger partial charge >= 0.3 is 0 Å². The molecule has 0 N–H and O–H groups in total. The number of hydrogen-bond acceptors (Lipinski definition) is 7. The van der Waals surface area contributed by atoms with Crippen molar-refractivity contribution in [1.29, 1.82) is 0 Å². The number of aromatic nitrogens is 6. The summed E-state index contributed by atoms with van der Waals surface area (Å²) in [6.45, 7) is 2.23. The van der Waals surface area contributed by atoms with Crippen LogP contribution in [0.3, 0.4) is 0 Å². The highest BCUT2D eigenvalue weighted by atomic mass is 16.1. The van der Waals surface area contributed by atoms with E-state index in [0.29, 0.717) is 18.1 Å². The van der Waals surface area contributed by atoms with Gasteiger partial charge in [0.2, 0.25) is 0 Å². The Balaban J connectivity index is 1.30. The first-order valence-electron chi connectivity index (χ1n) is 9.07. The van der Waals surface area contributed by atoms with Crippen LogP contribution in [0.4, 0.5) is 5.82 Å². The Hall–Kier alpha value is -3.68. The minimum absolute atomic E-state index is 0.0924. The Morgan fingerprint density at radius 3 is 2.75 bits per heavy atom. The lowest BCUT2D eigenvalue weighted by atomic mass is 10.0. The molecular weight excluding hydrogens is 354 g/mol. The molecule has 8 nitrogen and oxygen atoms in total. The lowest BCUT2D eigenvalue weighted by Crippen LogP contribution is -2.50. The van der Waals surface area contributed by atoms with E-state index in [1.165, 1.54) is 0 Å². The average molecular weight is 371 g/mol. The molecule has 138 valence electrons. The van der Waals surface area contributed by atoms with Crippen LogP contribution in [0.15, 0.2) is 66.0 Å². The molecule has 0 bridgehead atoms. The third-order valence-corrected chi connectivity index (χ3v) is 4.85. The van der Waals surface area contributed by atoms with Crippen molar-refractivity contribution in [2.45, 2.75) is 6.54 Å². The zero-order valence-corrected chi connectivity index (χ0v) is 15.0. The quantitative estimate of drug-likeness (QED) is 0.540. The molecule has 5 rings (SSSR count). The molecule has 0 saturated carbocycles.